The molecule has 1 nitrogen and oxygen atoms in total. The summed E-state index contributed by atoms with van der Waals surface area (Å²) in [7, 11) is 0. The lowest BCUT2D eigenvalue weighted by atomic mass is 9.96. The molecule has 1 N–H and O–H groups in total. The molecule has 0 fully saturated rings. The molecule has 0 aliphatic rings. The molecular weight excluding hydrogens is 198 g/mol. The van der Waals surface area contributed by atoms with E-state index in [4.69, 9.17) is 0 Å². The number of hydrogen-bond acceptors (Lipinski definition) is 1. The fraction of sp³-hybridized carbons (Fsp3) is 0.500. The number of aliphatic hydroxyl groups excluding tert-OH is 1. The van der Waals surface area contributed by atoms with Crippen LogP contribution in [0.25, 0.3) is 0 Å². The van der Waals surface area contributed by atoms with Crippen LogP contribution in [0.3, 0.4) is 0 Å². The average molecular weight is 214 g/mol. The van der Waals surface area contributed by atoms with Crippen LogP contribution < -0.4 is 0 Å². The summed E-state index contributed by atoms with van der Waals surface area (Å²) in [5.41, 5.74) is 0.0512. The van der Waals surface area contributed by atoms with E-state index in [9.17, 15) is 13.9 Å². The molecule has 84 valence electrons. The SMILES string of the molecule is CCC(C)CC(O)c1cc(F)ccc1F. The van der Waals surface area contributed by atoms with Crippen LogP contribution in [0.4, 0.5) is 8.78 Å². The first-order chi connectivity index (χ1) is 7.04. The predicted octanol–water partition coefficient (Wildman–Crippen LogP) is 3.43. The minimum absolute atomic E-state index is 0.0512. The van der Waals surface area contributed by atoms with Gasteiger partial charge in [0.25, 0.3) is 0 Å². The monoisotopic (exact) mass is 214 g/mol. The average Bonchev–Trinajstić information content (AvgIpc) is 2.21. The van der Waals surface area contributed by atoms with Crippen molar-refractivity contribution >= 4 is 0 Å². The van der Waals surface area contributed by atoms with Gasteiger partial charge in [0, 0.05) is 5.56 Å². The van der Waals surface area contributed by atoms with Gasteiger partial charge in [-0.3, -0.25) is 0 Å². The van der Waals surface area contributed by atoms with Crippen LogP contribution in [0.2, 0.25) is 0 Å². The maximum atomic E-state index is 13.2. The highest BCUT2D eigenvalue weighted by Crippen LogP contribution is 2.25. The summed E-state index contributed by atoms with van der Waals surface area (Å²) >= 11 is 0. The Hall–Kier alpha value is -0.960. The van der Waals surface area contributed by atoms with Gasteiger partial charge in [-0.2, -0.15) is 0 Å². The first-order valence-corrected chi connectivity index (χ1v) is 5.17. The molecule has 2 atom stereocenters. The number of halogens is 2. The largest absolute Gasteiger partial charge is 0.388 e. The maximum Gasteiger partial charge on any atom is 0.129 e. The maximum absolute atomic E-state index is 13.2. The van der Waals surface area contributed by atoms with Gasteiger partial charge < -0.3 is 5.11 Å². The summed E-state index contributed by atoms with van der Waals surface area (Å²) in [6.45, 7) is 3.97. The van der Waals surface area contributed by atoms with E-state index in [1.807, 2.05) is 13.8 Å². The van der Waals surface area contributed by atoms with Gasteiger partial charge >= 0.3 is 0 Å². The molecule has 1 aromatic rings. The third-order valence-corrected chi connectivity index (χ3v) is 2.64. The quantitative estimate of drug-likeness (QED) is 0.814. The molecular formula is C12H16F2O. The first-order valence-electron chi connectivity index (χ1n) is 5.17. The van der Waals surface area contributed by atoms with Crippen molar-refractivity contribution in [1.82, 2.24) is 0 Å². The molecule has 0 aliphatic heterocycles. The van der Waals surface area contributed by atoms with Crippen LogP contribution in [0.15, 0.2) is 18.2 Å². The zero-order valence-electron chi connectivity index (χ0n) is 9.00. The summed E-state index contributed by atoms with van der Waals surface area (Å²) in [6.07, 6.45) is 0.445. The lowest BCUT2D eigenvalue weighted by Crippen LogP contribution is -2.06. The number of aliphatic hydroxyl groups is 1. The highest BCUT2D eigenvalue weighted by Gasteiger charge is 2.15. The van der Waals surface area contributed by atoms with Crippen molar-refractivity contribution in [3.63, 3.8) is 0 Å². The fourth-order valence-corrected chi connectivity index (χ4v) is 1.44. The topological polar surface area (TPSA) is 20.2 Å². The molecule has 0 saturated carbocycles. The zero-order valence-corrected chi connectivity index (χ0v) is 9.00. The van der Waals surface area contributed by atoms with Gasteiger partial charge in [0.15, 0.2) is 0 Å². The fourth-order valence-electron chi connectivity index (χ4n) is 1.44. The Morgan fingerprint density at radius 1 is 1.33 bits per heavy atom. The highest BCUT2D eigenvalue weighted by molar-refractivity contribution is 5.21. The summed E-state index contributed by atoms with van der Waals surface area (Å²) < 4.78 is 26.1. The summed E-state index contributed by atoms with van der Waals surface area (Å²) in [6, 6.07) is 3.15. The molecule has 0 amide bonds. The second-order valence-corrected chi connectivity index (χ2v) is 3.93. The molecule has 3 heteroatoms. The van der Waals surface area contributed by atoms with Crippen molar-refractivity contribution in [3.8, 4) is 0 Å². The highest BCUT2D eigenvalue weighted by atomic mass is 19.1. The standard InChI is InChI=1S/C12H16F2O/c1-3-8(2)6-12(15)10-7-9(13)4-5-11(10)14/h4-5,7-8,12,15H,3,6H2,1-2H3. The molecule has 0 heterocycles. The molecule has 0 spiro atoms. The number of hydrogen-bond donors (Lipinski definition) is 1. The lowest BCUT2D eigenvalue weighted by molar-refractivity contribution is 0.142. The summed E-state index contributed by atoms with van der Waals surface area (Å²) in [5, 5.41) is 9.72. The number of benzene rings is 1. The van der Waals surface area contributed by atoms with E-state index in [1.54, 1.807) is 0 Å². The Morgan fingerprint density at radius 2 is 2.00 bits per heavy atom. The van der Waals surface area contributed by atoms with E-state index in [0.717, 1.165) is 24.6 Å². The van der Waals surface area contributed by atoms with Gasteiger partial charge in [-0.05, 0) is 30.5 Å². The van der Waals surface area contributed by atoms with Crippen molar-refractivity contribution in [2.24, 2.45) is 5.92 Å². The van der Waals surface area contributed by atoms with Crippen LogP contribution in [0.5, 0.6) is 0 Å². The van der Waals surface area contributed by atoms with E-state index in [0.29, 0.717) is 12.3 Å². The Bertz CT molecular complexity index is 325. The third kappa shape index (κ3) is 3.27. The zero-order chi connectivity index (χ0) is 11.4. The Morgan fingerprint density at radius 3 is 2.60 bits per heavy atom. The van der Waals surface area contributed by atoms with Crippen LogP contribution >= 0.6 is 0 Å². The molecule has 0 radical (unpaired) electrons. The van der Waals surface area contributed by atoms with Crippen LogP contribution in [0.1, 0.15) is 38.4 Å². The molecule has 15 heavy (non-hydrogen) atoms. The Kier molecular flexibility index (Phi) is 4.21. The smallest absolute Gasteiger partial charge is 0.129 e. The van der Waals surface area contributed by atoms with E-state index in [2.05, 4.69) is 0 Å². The van der Waals surface area contributed by atoms with E-state index >= 15 is 0 Å². The molecule has 0 aliphatic carbocycles. The third-order valence-electron chi connectivity index (χ3n) is 2.64. The normalized spacial score (nSPS) is 15.0. The second-order valence-electron chi connectivity index (χ2n) is 3.93. The summed E-state index contributed by atoms with van der Waals surface area (Å²) in [5.74, 6) is -0.774. The van der Waals surface area contributed by atoms with Gasteiger partial charge in [-0.1, -0.05) is 20.3 Å². The first kappa shape index (κ1) is 12.1. The molecule has 0 aromatic heterocycles. The van der Waals surface area contributed by atoms with Crippen molar-refractivity contribution in [2.45, 2.75) is 32.8 Å². The van der Waals surface area contributed by atoms with E-state index in [-0.39, 0.29) is 5.56 Å². The van der Waals surface area contributed by atoms with Gasteiger partial charge in [0.05, 0.1) is 6.10 Å². The lowest BCUT2D eigenvalue weighted by Gasteiger charge is -2.15. The van der Waals surface area contributed by atoms with Gasteiger partial charge in [0.1, 0.15) is 11.6 Å². The Balaban J connectivity index is 2.80. The Labute approximate surface area is 88.7 Å². The van der Waals surface area contributed by atoms with Crippen LogP contribution in [-0.4, -0.2) is 5.11 Å². The van der Waals surface area contributed by atoms with Crippen molar-refractivity contribution in [1.29, 1.82) is 0 Å². The predicted molar refractivity (Wildman–Crippen MR) is 55.4 cm³/mol. The summed E-state index contributed by atoms with van der Waals surface area (Å²) in [4.78, 5) is 0. The molecule has 0 saturated heterocycles. The second kappa shape index (κ2) is 5.21. The van der Waals surface area contributed by atoms with Crippen molar-refractivity contribution in [3.05, 3.63) is 35.4 Å². The van der Waals surface area contributed by atoms with Gasteiger partial charge in [-0.15, -0.1) is 0 Å². The van der Waals surface area contributed by atoms with Crippen LogP contribution in [0, 0.1) is 17.6 Å². The molecule has 2 unspecified atom stereocenters. The number of rotatable bonds is 4. The van der Waals surface area contributed by atoms with Gasteiger partial charge in [-0.25, -0.2) is 8.78 Å². The minimum atomic E-state index is -0.921. The minimum Gasteiger partial charge on any atom is -0.388 e. The molecule has 0 bridgehead atoms. The molecule has 1 rings (SSSR count). The van der Waals surface area contributed by atoms with E-state index < -0.39 is 17.7 Å². The van der Waals surface area contributed by atoms with Crippen molar-refractivity contribution in [2.75, 3.05) is 0 Å². The van der Waals surface area contributed by atoms with E-state index in [1.165, 1.54) is 0 Å². The van der Waals surface area contributed by atoms with Crippen LogP contribution in [-0.2, 0) is 0 Å². The van der Waals surface area contributed by atoms with Gasteiger partial charge in [0.2, 0.25) is 0 Å². The molecule has 1 aromatic carbocycles. The van der Waals surface area contributed by atoms with Crippen molar-refractivity contribution < 1.29 is 13.9 Å².